The first-order valence-electron chi connectivity index (χ1n) is 8.42. The molecule has 3 rings (SSSR count). The van der Waals surface area contributed by atoms with Crippen molar-refractivity contribution in [3.8, 4) is 17.0 Å². The van der Waals surface area contributed by atoms with Gasteiger partial charge in [0.05, 0.1) is 18.0 Å². The Morgan fingerprint density at radius 2 is 1.96 bits per heavy atom. The molecule has 1 aromatic heterocycles. The van der Waals surface area contributed by atoms with Crippen LogP contribution in [0.25, 0.3) is 11.3 Å². The molecule has 1 heterocycles. The van der Waals surface area contributed by atoms with Gasteiger partial charge in [-0.2, -0.15) is 5.10 Å². The van der Waals surface area contributed by atoms with Crippen molar-refractivity contribution in [1.29, 1.82) is 0 Å². The van der Waals surface area contributed by atoms with Gasteiger partial charge in [0, 0.05) is 16.1 Å². The summed E-state index contributed by atoms with van der Waals surface area (Å²) >= 11 is 3.42. The summed E-state index contributed by atoms with van der Waals surface area (Å²) in [6.07, 6.45) is 0. The van der Waals surface area contributed by atoms with Gasteiger partial charge >= 0.3 is 0 Å². The van der Waals surface area contributed by atoms with Gasteiger partial charge in [-0.3, -0.25) is 9.59 Å². The first-order chi connectivity index (χ1) is 13.1. The van der Waals surface area contributed by atoms with Crippen molar-refractivity contribution in [2.75, 3.05) is 11.9 Å². The lowest BCUT2D eigenvalue weighted by Gasteiger charge is -2.12. The van der Waals surface area contributed by atoms with Gasteiger partial charge < -0.3 is 10.1 Å². The van der Waals surface area contributed by atoms with Crippen molar-refractivity contribution in [1.82, 2.24) is 9.78 Å². The van der Waals surface area contributed by atoms with Crippen molar-refractivity contribution in [3.05, 3.63) is 75.5 Å². The van der Waals surface area contributed by atoms with E-state index in [1.165, 1.54) is 6.07 Å². The zero-order valence-electron chi connectivity index (χ0n) is 14.7. The Morgan fingerprint density at radius 3 is 2.74 bits per heavy atom. The molecule has 1 N–H and O–H groups in total. The fourth-order valence-corrected chi connectivity index (χ4v) is 2.94. The summed E-state index contributed by atoms with van der Waals surface area (Å²) in [5, 5.41) is 7.08. The minimum Gasteiger partial charge on any atom is -0.492 e. The highest BCUT2D eigenvalue weighted by Gasteiger charge is 2.11. The molecule has 0 aliphatic rings. The number of amides is 1. The molecule has 0 aliphatic heterocycles. The highest BCUT2D eigenvalue weighted by Crippen LogP contribution is 2.23. The lowest BCUT2D eigenvalue weighted by atomic mass is 10.1. The normalized spacial score (nSPS) is 10.4. The molecule has 0 saturated carbocycles. The minimum absolute atomic E-state index is 0.193. The smallest absolute Gasteiger partial charge is 0.267 e. The molecule has 0 saturated heterocycles. The van der Waals surface area contributed by atoms with E-state index in [9.17, 15) is 9.59 Å². The van der Waals surface area contributed by atoms with E-state index in [-0.39, 0.29) is 18.0 Å². The third-order valence-electron chi connectivity index (χ3n) is 3.74. The maximum atomic E-state index is 12.4. The van der Waals surface area contributed by atoms with E-state index >= 15 is 0 Å². The largest absolute Gasteiger partial charge is 0.492 e. The van der Waals surface area contributed by atoms with Crippen LogP contribution in [0, 0.1) is 0 Å². The van der Waals surface area contributed by atoms with Crippen LogP contribution in [0.3, 0.4) is 0 Å². The van der Waals surface area contributed by atoms with Crippen LogP contribution in [0.1, 0.15) is 6.92 Å². The molecular formula is C20H18BrN3O3. The Balaban J connectivity index is 1.80. The molecule has 2 aromatic carbocycles. The zero-order chi connectivity index (χ0) is 19.2. The van der Waals surface area contributed by atoms with Gasteiger partial charge in [-0.1, -0.05) is 40.2 Å². The number of hydrogen-bond acceptors (Lipinski definition) is 4. The number of nitrogens with one attached hydrogen (secondary N) is 1. The van der Waals surface area contributed by atoms with E-state index in [1.807, 2.05) is 37.3 Å². The molecular weight excluding hydrogens is 410 g/mol. The summed E-state index contributed by atoms with van der Waals surface area (Å²) in [6, 6.07) is 17.8. The topological polar surface area (TPSA) is 73.2 Å². The van der Waals surface area contributed by atoms with Gasteiger partial charge in [0.15, 0.2) is 0 Å². The molecule has 0 bridgehead atoms. The monoisotopic (exact) mass is 427 g/mol. The number of ether oxygens (including phenoxy) is 1. The predicted molar refractivity (Wildman–Crippen MR) is 108 cm³/mol. The van der Waals surface area contributed by atoms with Crippen molar-refractivity contribution in [2.24, 2.45) is 0 Å². The Labute approximate surface area is 164 Å². The maximum Gasteiger partial charge on any atom is 0.267 e. The Bertz CT molecular complexity index is 1020. The zero-order valence-corrected chi connectivity index (χ0v) is 16.3. The summed E-state index contributed by atoms with van der Waals surface area (Å²) in [4.78, 5) is 24.5. The summed E-state index contributed by atoms with van der Waals surface area (Å²) in [5.41, 5.74) is 1.67. The van der Waals surface area contributed by atoms with Gasteiger partial charge in [0.2, 0.25) is 5.91 Å². The number of carbonyl (C=O) groups excluding carboxylic acids is 1. The van der Waals surface area contributed by atoms with E-state index < -0.39 is 0 Å². The average Bonchev–Trinajstić information content (AvgIpc) is 2.65. The van der Waals surface area contributed by atoms with E-state index in [0.29, 0.717) is 23.7 Å². The van der Waals surface area contributed by atoms with Crippen molar-refractivity contribution in [2.45, 2.75) is 13.5 Å². The Kier molecular flexibility index (Phi) is 6.03. The van der Waals surface area contributed by atoms with Crippen LogP contribution in [0.5, 0.6) is 5.75 Å². The third-order valence-corrected chi connectivity index (χ3v) is 4.23. The van der Waals surface area contributed by atoms with Crippen LogP contribution in [-0.2, 0) is 11.3 Å². The second kappa shape index (κ2) is 8.64. The maximum absolute atomic E-state index is 12.4. The molecule has 0 unspecified atom stereocenters. The molecule has 6 nitrogen and oxygen atoms in total. The fourth-order valence-electron chi connectivity index (χ4n) is 2.54. The molecule has 0 radical (unpaired) electrons. The van der Waals surface area contributed by atoms with Crippen molar-refractivity contribution in [3.63, 3.8) is 0 Å². The average molecular weight is 428 g/mol. The lowest BCUT2D eigenvalue weighted by Crippen LogP contribution is -2.29. The molecule has 7 heteroatoms. The molecule has 27 heavy (non-hydrogen) atoms. The van der Waals surface area contributed by atoms with E-state index in [1.54, 1.807) is 24.3 Å². The molecule has 138 valence electrons. The molecule has 0 spiro atoms. The second-order valence-corrected chi connectivity index (χ2v) is 6.62. The minimum atomic E-state index is -0.358. The highest BCUT2D eigenvalue weighted by atomic mass is 79.9. The summed E-state index contributed by atoms with van der Waals surface area (Å²) in [6.45, 7) is 2.17. The van der Waals surface area contributed by atoms with Crippen LogP contribution >= 0.6 is 15.9 Å². The van der Waals surface area contributed by atoms with Gasteiger partial charge in [0.1, 0.15) is 12.3 Å². The van der Waals surface area contributed by atoms with Gasteiger partial charge in [-0.25, -0.2) is 4.68 Å². The quantitative estimate of drug-likeness (QED) is 0.650. The lowest BCUT2D eigenvalue weighted by molar-refractivity contribution is -0.117. The molecule has 0 fully saturated rings. The number of nitrogens with zero attached hydrogens (tertiary/aromatic N) is 2. The van der Waals surface area contributed by atoms with Crippen LogP contribution < -0.4 is 15.6 Å². The first kappa shape index (κ1) is 18.8. The van der Waals surface area contributed by atoms with E-state index in [4.69, 9.17) is 4.74 Å². The number of carbonyl (C=O) groups is 1. The second-order valence-electron chi connectivity index (χ2n) is 5.70. The number of benzene rings is 2. The number of para-hydroxylation sites is 2. The SMILES string of the molecule is CCOc1ccccc1NC(=O)Cn1nc(-c2cccc(Br)c2)ccc1=O. The number of halogens is 1. The molecule has 1 amide bonds. The predicted octanol–water partition coefficient (Wildman–Crippen LogP) is 3.71. The Morgan fingerprint density at radius 1 is 1.15 bits per heavy atom. The van der Waals surface area contributed by atoms with Crippen LogP contribution in [-0.4, -0.2) is 22.3 Å². The number of aromatic nitrogens is 2. The number of rotatable bonds is 6. The van der Waals surface area contributed by atoms with Gasteiger partial charge in [-0.05, 0) is 37.3 Å². The third kappa shape index (κ3) is 4.83. The van der Waals surface area contributed by atoms with E-state index in [0.717, 1.165) is 14.7 Å². The van der Waals surface area contributed by atoms with Crippen LogP contribution in [0.4, 0.5) is 5.69 Å². The van der Waals surface area contributed by atoms with Gasteiger partial charge in [-0.15, -0.1) is 0 Å². The summed E-state index contributed by atoms with van der Waals surface area (Å²) in [5.74, 6) is 0.222. The molecule has 0 atom stereocenters. The van der Waals surface area contributed by atoms with Crippen molar-refractivity contribution < 1.29 is 9.53 Å². The summed E-state index contributed by atoms with van der Waals surface area (Å²) < 4.78 is 7.55. The van der Waals surface area contributed by atoms with Crippen molar-refractivity contribution >= 4 is 27.5 Å². The summed E-state index contributed by atoms with van der Waals surface area (Å²) in [7, 11) is 0. The fraction of sp³-hybridized carbons (Fsp3) is 0.150. The van der Waals surface area contributed by atoms with Crippen LogP contribution in [0.2, 0.25) is 0 Å². The van der Waals surface area contributed by atoms with Crippen LogP contribution in [0.15, 0.2) is 69.9 Å². The van der Waals surface area contributed by atoms with E-state index in [2.05, 4.69) is 26.3 Å². The highest BCUT2D eigenvalue weighted by molar-refractivity contribution is 9.10. The first-order valence-corrected chi connectivity index (χ1v) is 9.22. The molecule has 3 aromatic rings. The number of hydrogen-bond donors (Lipinski definition) is 1. The Hall–Kier alpha value is -2.93. The molecule has 0 aliphatic carbocycles. The number of anilines is 1. The standard InChI is InChI=1S/C20H18BrN3O3/c1-2-27-18-9-4-3-8-17(18)22-19(25)13-24-20(26)11-10-16(23-24)14-6-5-7-15(21)12-14/h3-12H,2,13H2,1H3,(H,22,25). The van der Waals surface area contributed by atoms with Gasteiger partial charge in [0.25, 0.3) is 5.56 Å².